The van der Waals surface area contributed by atoms with Crippen molar-refractivity contribution < 1.29 is 9.59 Å². The average molecular weight is 349 g/mol. The Labute approximate surface area is 144 Å². The van der Waals surface area contributed by atoms with Gasteiger partial charge in [-0.3, -0.25) is 9.59 Å². The molecule has 118 valence electrons. The van der Waals surface area contributed by atoms with E-state index in [4.69, 9.17) is 23.2 Å². The molecule has 2 rings (SSSR count). The Hall–Kier alpha value is -2.30. The highest BCUT2D eigenvalue weighted by Gasteiger charge is 2.20. The lowest BCUT2D eigenvalue weighted by Gasteiger charge is -2.08. The van der Waals surface area contributed by atoms with Gasteiger partial charge >= 0.3 is 0 Å². The van der Waals surface area contributed by atoms with Gasteiger partial charge in [0.2, 0.25) is 5.78 Å². The lowest BCUT2D eigenvalue weighted by Crippen LogP contribution is -2.26. The molecule has 0 aliphatic rings. The van der Waals surface area contributed by atoms with Crippen LogP contribution in [-0.4, -0.2) is 18.7 Å². The zero-order valence-electron chi connectivity index (χ0n) is 12.3. The van der Waals surface area contributed by atoms with Crippen LogP contribution in [0.2, 0.25) is 10.0 Å². The van der Waals surface area contributed by atoms with Crippen LogP contribution >= 0.6 is 23.2 Å². The van der Waals surface area contributed by atoms with Gasteiger partial charge in [-0.05, 0) is 36.4 Å². The highest BCUT2D eigenvalue weighted by Crippen LogP contribution is 2.19. The minimum absolute atomic E-state index is 0.0458. The van der Waals surface area contributed by atoms with E-state index in [0.29, 0.717) is 15.7 Å². The molecule has 0 aliphatic heterocycles. The molecule has 0 aromatic heterocycles. The van der Waals surface area contributed by atoms with Crippen LogP contribution in [0.4, 0.5) is 5.69 Å². The highest BCUT2D eigenvalue weighted by molar-refractivity contribution is 6.37. The number of ketones is 1. The molecule has 4 nitrogen and oxygen atoms in total. The third-order valence-electron chi connectivity index (χ3n) is 3.06. The summed E-state index contributed by atoms with van der Waals surface area (Å²) in [6.07, 6.45) is 1.35. The predicted molar refractivity (Wildman–Crippen MR) is 93.0 cm³/mol. The monoisotopic (exact) mass is 348 g/mol. The third-order valence-corrected chi connectivity index (χ3v) is 3.64. The summed E-state index contributed by atoms with van der Waals surface area (Å²) in [5, 5.41) is 6.25. The standard InChI is InChI=1S/C17H14Cl2N2O2/c1-20-17(23)14(10-21-12-8-6-11(18)7-9-12)16(22)13-4-2-3-5-15(13)19/h2-10,21H,1H3,(H,20,23)/b14-10-. The van der Waals surface area contributed by atoms with Gasteiger partial charge in [-0.25, -0.2) is 0 Å². The molecule has 23 heavy (non-hydrogen) atoms. The van der Waals surface area contributed by atoms with E-state index in [9.17, 15) is 9.59 Å². The summed E-state index contributed by atoms with van der Waals surface area (Å²) in [4.78, 5) is 24.6. The molecule has 0 atom stereocenters. The van der Waals surface area contributed by atoms with Crippen LogP contribution in [0.25, 0.3) is 0 Å². The Morgan fingerprint density at radius 3 is 2.26 bits per heavy atom. The van der Waals surface area contributed by atoms with Crippen LogP contribution < -0.4 is 10.6 Å². The van der Waals surface area contributed by atoms with Gasteiger partial charge in [-0.1, -0.05) is 35.3 Å². The topological polar surface area (TPSA) is 58.2 Å². The van der Waals surface area contributed by atoms with Crippen molar-refractivity contribution in [3.8, 4) is 0 Å². The van der Waals surface area contributed by atoms with Crippen LogP contribution in [0.15, 0.2) is 60.3 Å². The molecule has 0 radical (unpaired) electrons. The van der Waals surface area contributed by atoms with E-state index in [1.807, 2.05) is 0 Å². The van der Waals surface area contributed by atoms with E-state index in [2.05, 4.69) is 10.6 Å². The van der Waals surface area contributed by atoms with Gasteiger partial charge < -0.3 is 10.6 Å². The van der Waals surface area contributed by atoms with E-state index in [-0.39, 0.29) is 11.1 Å². The third kappa shape index (κ3) is 4.34. The Kier molecular flexibility index (Phi) is 5.79. The second-order valence-electron chi connectivity index (χ2n) is 4.60. The average Bonchev–Trinajstić information content (AvgIpc) is 2.56. The molecule has 0 bridgehead atoms. The Balaban J connectivity index is 2.31. The molecule has 0 heterocycles. The van der Waals surface area contributed by atoms with E-state index in [0.717, 1.165) is 0 Å². The molecular weight excluding hydrogens is 335 g/mol. The summed E-state index contributed by atoms with van der Waals surface area (Å²) < 4.78 is 0. The second-order valence-corrected chi connectivity index (χ2v) is 5.44. The smallest absolute Gasteiger partial charge is 0.256 e. The van der Waals surface area contributed by atoms with Crippen molar-refractivity contribution in [1.29, 1.82) is 0 Å². The molecule has 0 saturated carbocycles. The van der Waals surface area contributed by atoms with E-state index < -0.39 is 11.7 Å². The fourth-order valence-electron chi connectivity index (χ4n) is 1.86. The summed E-state index contributed by atoms with van der Waals surface area (Å²) >= 11 is 11.8. The maximum Gasteiger partial charge on any atom is 0.256 e. The largest absolute Gasteiger partial charge is 0.361 e. The van der Waals surface area contributed by atoms with Gasteiger partial charge in [0.15, 0.2) is 0 Å². The summed E-state index contributed by atoms with van der Waals surface area (Å²) in [7, 11) is 1.46. The number of hydrogen-bond acceptors (Lipinski definition) is 3. The number of anilines is 1. The quantitative estimate of drug-likeness (QED) is 0.372. The van der Waals surface area contributed by atoms with Gasteiger partial charge in [0.05, 0.1) is 5.02 Å². The van der Waals surface area contributed by atoms with Crippen molar-refractivity contribution in [1.82, 2.24) is 5.32 Å². The molecule has 0 fully saturated rings. The molecule has 1 amide bonds. The number of carbonyl (C=O) groups excluding carboxylic acids is 2. The molecule has 2 N–H and O–H groups in total. The van der Waals surface area contributed by atoms with Crippen molar-refractivity contribution in [2.75, 3.05) is 12.4 Å². The zero-order valence-corrected chi connectivity index (χ0v) is 13.8. The molecule has 0 unspecified atom stereocenters. The van der Waals surface area contributed by atoms with Crippen LogP contribution in [0, 0.1) is 0 Å². The first-order valence-electron chi connectivity index (χ1n) is 6.76. The van der Waals surface area contributed by atoms with Crippen LogP contribution in [0.3, 0.4) is 0 Å². The minimum Gasteiger partial charge on any atom is -0.361 e. The molecule has 2 aromatic rings. The number of rotatable bonds is 5. The highest BCUT2D eigenvalue weighted by atomic mass is 35.5. The van der Waals surface area contributed by atoms with Gasteiger partial charge in [0.25, 0.3) is 5.91 Å². The number of likely N-dealkylation sites (N-methyl/N-ethyl adjacent to an activating group) is 1. The molecule has 2 aromatic carbocycles. The van der Waals surface area contributed by atoms with Crippen molar-refractivity contribution in [3.05, 3.63) is 75.9 Å². The number of nitrogens with one attached hydrogen (secondary N) is 2. The number of Topliss-reactive ketones (excluding diaryl/α,β-unsaturated/α-hetero) is 1. The van der Waals surface area contributed by atoms with Crippen LogP contribution in [0.5, 0.6) is 0 Å². The van der Waals surface area contributed by atoms with E-state index in [1.54, 1.807) is 48.5 Å². The summed E-state index contributed by atoms with van der Waals surface area (Å²) in [5.74, 6) is -0.965. The predicted octanol–water partition coefficient (Wildman–Crippen LogP) is 3.92. The van der Waals surface area contributed by atoms with Gasteiger partial charge in [-0.15, -0.1) is 0 Å². The first-order valence-corrected chi connectivity index (χ1v) is 7.52. The number of benzene rings is 2. The van der Waals surface area contributed by atoms with E-state index >= 15 is 0 Å². The summed E-state index contributed by atoms with van der Waals surface area (Å²) in [6, 6.07) is 13.5. The van der Waals surface area contributed by atoms with Crippen LogP contribution in [0.1, 0.15) is 10.4 Å². The Bertz CT molecular complexity index is 755. The lowest BCUT2D eigenvalue weighted by atomic mass is 10.0. The minimum atomic E-state index is -0.503. The van der Waals surface area contributed by atoms with Crippen molar-refractivity contribution in [2.24, 2.45) is 0 Å². The summed E-state index contributed by atoms with van der Waals surface area (Å²) in [6.45, 7) is 0. The number of carbonyl (C=O) groups is 2. The Morgan fingerprint density at radius 1 is 1.00 bits per heavy atom. The lowest BCUT2D eigenvalue weighted by molar-refractivity contribution is -0.116. The summed E-state index contributed by atoms with van der Waals surface area (Å²) in [5.41, 5.74) is 0.917. The molecule has 0 saturated heterocycles. The Morgan fingerprint density at radius 2 is 1.65 bits per heavy atom. The number of hydrogen-bond donors (Lipinski definition) is 2. The first kappa shape index (κ1) is 17.1. The molecule has 0 aliphatic carbocycles. The van der Waals surface area contributed by atoms with Crippen molar-refractivity contribution in [2.45, 2.75) is 0 Å². The molecular formula is C17H14Cl2N2O2. The van der Waals surface area contributed by atoms with Gasteiger partial charge in [0, 0.05) is 29.5 Å². The zero-order chi connectivity index (χ0) is 16.8. The van der Waals surface area contributed by atoms with E-state index in [1.165, 1.54) is 13.2 Å². The molecule has 6 heteroatoms. The van der Waals surface area contributed by atoms with Gasteiger partial charge in [-0.2, -0.15) is 0 Å². The second kappa shape index (κ2) is 7.81. The van der Waals surface area contributed by atoms with Crippen molar-refractivity contribution in [3.63, 3.8) is 0 Å². The maximum atomic E-state index is 12.6. The fourth-order valence-corrected chi connectivity index (χ4v) is 2.21. The first-order chi connectivity index (χ1) is 11.0. The molecule has 0 spiro atoms. The number of halogens is 2. The normalized spacial score (nSPS) is 11.0. The van der Waals surface area contributed by atoms with Gasteiger partial charge in [0.1, 0.15) is 5.57 Å². The maximum absolute atomic E-state index is 12.6. The number of amides is 1. The van der Waals surface area contributed by atoms with Crippen LogP contribution in [-0.2, 0) is 4.79 Å². The fraction of sp³-hybridized carbons (Fsp3) is 0.0588. The van der Waals surface area contributed by atoms with Crippen molar-refractivity contribution >= 4 is 40.6 Å². The SMILES string of the molecule is CNC(=O)/C(=C\Nc1ccc(Cl)cc1)C(=O)c1ccccc1Cl.